The van der Waals surface area contributed by atoms with Crippen molar-refractivity contribution in [3.63, 3.8) is 0 Å². The first-order valence-electron chi connectivity index (χ1n) is 3.55. The van der Waals surface area contributed by atoms with Crippen molar-refractivity contribution < 1.29 is 14.8 Å². The molecule has 72 valence electrons. The van der Waals surface area contributed by atoms with Crippen LogP contribution in [0.3, 0.4) is 0 Å². The molecule has 0 bridgehead atoms. The van der Waals surface area contributed by atoms with Gasteiger partial charge in [0.15, 0.2) is 0 Å². The van der Waals surface area contributed by atoms with E-state index in [4.69, 9.17) is 5.11 Å². The van der Waals surface area contributed by atoms with Crippen LogP contribution in [0.4, 0.5) is 5.69 Å². The van der Waals surface area contributed by atoms with Crippen molar-refractivity contribution in [1.29, 1.82) is 0 Å². The summed E-state index contributed by atoms with van der Waals surface area (Å²) < 4.78 is 5.94. The number of aliphatic hydroxyl groups excluding tert-OH is 1. The summed E-state index contributed by atoms with van der Waals surface area (Å²) in [6.45, 7) is 0.0895. The molecule has 0 amide bonds. The molecule has 7 nitrogen and oxygen atoms in total. The minimum atomic E-state index is -0.584. The first-order chi connectivity index (χ1) is 6.19. The van der Waals surface area contributed by atoms with Crippen molar-refractivity contribution in [3.8, 4) is 5.88 Å². The monoisotopic (exact) mass is 187 g/mol. The van der Waals surface area contributed by atoms with E-state index in [-0.39, 0.29) is 24.7 Å². The second-order valence-corrected chi connectivity index (χ2v) is 2.27. The summed E-state index contributed by atoms with van der Waals surface area (Å²) in [5.41, 5.74) is -0.198. The Kier molecular flexibility index (Phi) is 2.80. The number of aliphatic hydroxyl groups is 1. The maximum absolute atomic E-state index is 10.4. The molecule has 1 aromatic rings. The van der Waals surface area contributed by atoms with Crippen LogP contribution < -0.4 is 4.74 Å². The highest BCUT2D eigenvalue weighted by molar-refractivity contribution is 5.38. The van der Waals surface area contributed by atoms with Gasteiger partial charge in [-0.15, -0.1) is 5.10 Å². The zero-order valence-electron chi connectivity index (χ0n) is 7.01. The van der Waals surface area contributed by atoms with Crippen LogP contribution in [-0.2, 0) is 6.54 Å². The Morgan fingerprint density at radius 3 is 2.92 bits per heavy atom. The normalized spacial score (nSPS) is 10.0. The van der Waals surface area contributed by atoms with Gasteiger partial charge in [0.25, 0.3) is 0 Å². The Morgan fingerprint density at radius 1 is 1.85 bits per heavy atom. The van der Waals surface area contributed by atoms with Crippen molar-refractivity contribution in [2.24, 2.45) is 0 Å². The van der Waals surface area contributed by atoms with Gasteiger partial charge in [0.2, 0.25) is 0 Å². The quantitative estimate of drug-likeness (QED) is 0.520. The second kappa shape index (κ2) is 3.85. The Hall–Kier alpha value is -1.63. The van der Waals surface area contributed by atoms with Gasteiger partial charge in [0.1, 0.15) is 6.20 Å². The standard InChI is InChI=1S/C6H9N3O4/c1-13-6-5(9(11)12)4-8(7-6)2-3-10/h4,10H,2-3H2,1H3. The summed E-state index contributed by atoms with van der Waals surface area (Å²) in [5, 5.41) is 22.7. The van der Waals surface area contributed by atoms with Crippen molar-refractivity contribution >= 4 is 5.69 Å². The summed E-state index contributed by atoms with van der Waals surface area (Å²) in [6.07, 6.45) is 1.22. The van der Waals surface area contributed by atoms with Gasteiger partial charge in [-0.05, 0) is 0 Å². The molecule has 0 aromatic carbocycles. The van der Waals surface area contributed by atoms with Gasteiger partial charge in [-0.1, -0.05) is 0 Å². The first-order valence-corrected chi connectivity index (χ1v) is 3.55. The Balaban J connectivity index is 2.97. The number of rotatable bonds is 4. The highest BCUT2D eigenvalue weighted by atomic mass is 16.6. The Labute approximate surface area is 73.7 Å². The maximum atomic E-state index is 10.4. The molecular formula is C6H9N3O4. The topological polar surface area (TPSA) is 90.4 Å². The summed E-state index contributed by atoms with van der Waals surface area (Å²) in [4.78, 5) is 9.82. The van der Waals surface area contributed by atoms with Gasteiger partial charge in [-0.2, -0.15) is 0 Å². The van der Waals surface area contributed by atoms with Crippen LogP contribution in [0.2, 0.25) is 0 Å². The summed E-state index contributed by atoms with van der Waals surface area (Å²) in [7, 11) is 1.30. The van der Waals surface area contributed by atoms with Crippen LogP contribution in [0.5, 0.6) is 5.88 Å². The fourth-order valence-electron chi connectivity index (χ4n) is 0.881. The fraction of sp³-hybridized carbons (Fsp3) is 0.500. The summed E-state index contributed by atoms with van der Waals surface area (Å²) in [6, 6.07) is 0. The van der Waals surface area contributed by atoms with Crippen molar-refractivity contribution in [2.45, 2.75) is 6.54 Å². The van der Waals surface area contributed by atoms with E-state index in [1.54, 1.807) is 0 Å². The van der Waals surface area contributed by atoms with Gasteiger partial charge in [-0.3, -0.25) is 14.8 Å². The summed E-state index contributed by atoms with van der Waals surface area (Å²) in [5.74, 6) is -0.0431. The van der Waals surface area contributed by atoms with Crippen molar-refractivity contribution in [1.82, 2.24) is 9.78 Å². The van der Waals surface area contributed by atoms with Crippen LogP contribution in [-0.4, -0.2) is 33.5 Å². The van der Waals surface area contributed by atoms with Crippen molar-refractivity contribution in [2.75, 3.05) is 13.7 Å². The molecule has 13 heavy (non-hydrogen) atoms. The second-order valence-electron chi connectivity index (χ2n) is 2.27. The minimum Gasteiger partial charge on any atom is -0.475 e. The average Bonchev–Trinajstić information content (AvgIpc) is 2.48. The highest BCUT2D eigenvalue weighted by Crippen LogP contribution is 2.23. The zero-order valence-corrected chi connectivity index (χ0v) is 7.01. The third kappa shape index (κ3) is 1.94. The number of nitro groups is 1. The molecule has 1 heterocycles. The highest BCUT2D eigenvalue weighted by Gasteiger charge is 2.19. The zero-order chi connectivity index (χ0) is 9.84. The predicted octanol–water partition coefficient (Wildman–Crippen LogP) is -0.208. The number of ether oxygens (including phenoxy) is 1. The van der Waals surface area contributed by atoms with Gasteiger partial charge in [0.05, 0.1) is 25.2 Å². The van der Waals surface area contributed by atoms with Gasteiger partial charge >= 0.3 is 11.6 Å². The molecule has 0 aliphatic heterocycles. The molecule has 0 saturated heterocycles. The smallest absolute Gasteiger partial charge is 0.350 e. The van der Waals surface area contributed by atoms with E-state index in [0.29, 0.717) is 0 Å². The lowest BCUT2D eigenvalue weighted by molar-refractivity contribution is -0.385. The molecular weight excluding hydrogens is 178 g/mol. The number of methoxy groups -OCH3 is 1. The average molecular weight is 187 g/mol. The molecule has 7 heteroatoms. The van der Waals surface area contributed by atoms with Crippen LogP contribution in [0.25, 0.3) is 0 Å². The molecule has 0 radical (unpaired) electrons. The van der Waals surface area contributed by atoms with E-state index in [1.165, 1.54) is 18.0 Å². The van der Waals surface area contributed by atoms with E-state index < -0.39 is 4.92 Å². The number of nitrogens with zero attached hydrogens (tertiary/aromatic N) is 3. The Morgan fingerprint density at radius 2 is 2.54 bits per heavy atom. The van der Waals surface area contributed by atoms with Crippen molar-refractivity contribution in [3.05, 3.63) is 16.3 Å². The SMILES string of the molecule is COc1nn(CCO)cc1[N+](=O)[O-]. The van der Waals surface area contributed by atoms with E-state index in [2.05, 4.69) is 9.84 Å². The van der Waals surface area contributed by atoms with E-state index in [1.807, 2.05) is 0 Å². The third-order valence-electron chi connectivity index (χ3n) is 1.43. The lowest BCUT2D eigenvalue weighted by Gasteiger charge is -1.93. The molecule has 0 aliphatic carbocycles. The minimum absolute atomic E-state index is 0.0431. The number of aromatic nitrogens is 2. The first kappa shape index (κ1) is 9.46. The fourth-order valence-corrected chi connectivity index (χ4v) is 0.881. The molecule has 1 aromatic heterocycles. The molecule has 0 spiro atoms. The number of hydrogen-bond donors (Lipinski definition) is 1. The van der Waals surface area contributed by atoms with Crippen LogP contribution >= 0.6 is 0 Å². The predicted molar refractivity (Wildman–Crippen MR) is 42.5 cm³/mol. The van der Waals surface area contributed by atoms with E-state index in [9.17, 15) is 10.1 Å². The Bertz CT molecular complexity index is 309. The molecule has 0 unspecified atom stereocenters. The largest absolute Gasteiger partial charge is 0.475 e. The molecule has 1 rings (SSSR count). The molecule has 1 N–H and O–H groups in total. The molecule has 0 atom stereocenters. The van der Waals surface area contributed by atoms with Gasteiger partial charge in [-0.25, -0.2) is 0 Å². The van der Waals surface area contributed by atoms with Crippen LogP contribution in [0.1, 0.15) is 0 Å². The molecule has 0 aliphatic rings. The van der Waals surface area contributed by atoms with Crippen LogP contribution in [0.15, 0.2) is 6.20 Å². The molecule has 0 saturated carbocycles. The molecule has 0 fully saturated rings. The number of hydrogen-bond acceptors (Lipinski definition) is 5. The maximum Gasteiger partial charge on any atom is 0.350 e. The van der Waals surface area contributed by atoms with Gasteiger partial charge in [0, 0.05) is 0 Å². The van der Waals surface area contributed by atoms with E-state index >= 15 is 0 Å². The third-order valence-corrected chi connectivity index (χ3v) is 1.43. The van der Waals surface area contributed by atoms with E-state index in [0.717, 1.165) is 0 Å². The van der Waals surface area contributed by atoms with Gasteiger partial charge < -0.3 is 9.84 Å². The van der Waals surface area contributed by atoms with Crippen LogP contribution in [0, 0.1) is 10.1 Å². The lowest BCUT2D eigenvalue weighted by Crippen LogP contribution is -2.02. The summed E-state index contributed by atoms with van der Waals surface area (Å²) >= 11 is 0. The lowest BCUT2D eigenvalue weighted by atomic mass is 10.5.